The van der Waals surface area contributed by atoms with Crippen molar-refractivity contribution in [3.05, 3.63) is 90.6 Å². The molecule has 0 atom stereocenters. The van der Waals surface area contributed by atoms with Crippen LogP contribution in [0.3, 0.4) is 0 Å². The van der Waals surface area contributed by atoms with Gasteiger partial charge in [-0.15, -0.1) is 0 Å². The van der Waals surface area contributed by atoms with Crippen LogP contribution in [0.15, 0.2) is 93.2 Å². The molecule has 0 spiro atoms. The SMILES string of the molecule is O=S(=O)(c1ccccc1)c1ccc(OCc2nc(-c3ccc(F)cc3)no2)cc1. The molecule has 0 saturated carbocycles. The zero-order valence-corrected chi connectivity index (χ0v) is 15.8. The van der Waals surface area contributed by atoms with E-state index in [-0.39, 0.29) is 28.1 Å². The Morgan fingerprint density at radius 1 is 0.862 bits per heavy atom. The highest BCUT2D eigenvalue weighted by Crippen LogP contribution is 2.23. The van der Waals surface area contributed by atoms with E-state index in [9.17, 15) is 12.8 Å². The highest BCUT2D eigenvalue weighted by atomic mass is 32.2. The predicted octanol–water partition coefficient (Wildman–Crippen LogP) is 4.29. The van der Waals surface area contributed by atoms with Crippen molar-refractivity contribution < 1.29 is 22.1 Å². The van der Waals surface area contributed by atoms with E-state index in [0.717, 1.165) is 0 Å². The first-order chi connectivity index (χ1) is 14.0. The fraction of sp³-hybridized carbons (Fsp3) is 0.0476. The van der Waals surface area contributed by atoms with Crippen LogP contribution >= 0.6 is 0 Å². The number of aromatic nitrogens is 2. The summed E-state index contributed by atoms with van der Waals surface area (Å²) in [5.74, 6) is 0.676. The van der Waals surface area contributed by atoms with Gasteiger partial charge >= 0.3 is 0 Å². The van der Waals surface area contributed by atoms with Gasteiger partial charge in [0, 0.05) is 5.56 Å². The van der Waals surface area contributed by atoms with Crippen molar-refractivity contribution in [1.82, 2.24) is 10.1 Å². The Labute approximate surface area is 166 Å². The molecule has 0 amide bonds. The Kier molecular flexibility index (Phi) is 5.09. The van der Waals surface area contributed by atoms with Gasteiger partial charge in [0.2, 0.25) is 15.7 Å². The molecule has 0 aliphatic heterocycles. The molecule has 0 aliphatic rings. The van der Waals surface area contributed by atoms with Crippen LogP contribution in [0, 0.1) is 5.82 Å². The fourth-order valence-corrected chi connectivity index (χ4v) is 3.91. The third-order valence-corrected chi connectivity index (χ3v) is 5.91. The Morgan fingerprint density at radius 3 is 2.21 bits per heavy atom. The number of hydrogen-bond donors (Lipinski definition) is 0. The first-order valence-corrected chi connectivity index (χ1v) is 10.1. The first-order valence-electron chi connectivity index (χ1n) is 8.64. The van der Waals surface area contributed by atoms with E-state index in [1.54, 1.807) is 54.6 Å². The van der Waals surface area contributed by atoms with Crippen LogP contribution in [0.25, 0.3) is 11.4 Å². The minimum atomic E-state index is -3.58. The molecule has 6 nitrogen and oxygen atoms in total. The Morgan fingerprint density at radius 2 is 1.52 bits per heavy atom. The number of rotatable bonds is 6. The quantitative estimate of drug-likeness (QED) is 0.472. The molecule has 3 aromatic carbocycles. The minimum absolute atomic E-state index is 0.0129. The lowest BCUT2D eigenvalue weighted by Gasteiger charge is -2.06. The molecule has 0 bridgehead atoms. The molecule has 0 unspecified atom stereocenters. The molecule has 4 rings (SSSR count). The van der Waals surface area contributed by atoms with Crippen molar-refractivity contribution in [2.45, 2.75) is 16.4 Å². The predicted molar refractivity (Wildman–Crippen MR) is 102 cm³/mol. The number of nitrogens with zero attached hydrogens (tertiary/aromatic N) is 2. The highest BCUT2D eigenvalue weighted by Gasteiger charge is 2.17. The highest BCUT2D eigenvalue weighted by molar-refractivity contribution is 7.91. The summed E-state index contributed by atoms with van der Waals surface area (Å²) >= 11 is 0. The first kappa shape index (κ1) is 18.8. The molecule has 1 aromatic heterocycles. The van der Waals surface area contributed by atoms with Gasteiger partial charge in [0.15, 0.2) is 6.61 Å². The van der Waals surface area contributed by atoms with E-state index in [1.807, 2.05) is 0 Å². The summed E-state index contributed by atoms with van der Waals surface area (Å²) in [6.45, 7) is 0.0129. The summed E-state index contributed by atoms with van der Waals surface area (Å²) < 4.78 is 48.9. The van der Waals surface area contributed by atoms with E-state index < -0.39 is 9.84 Å². The molecular formula is C21H15FN2O4S. The third kappa shape index (κ3) is 4.17. The van der Waals surface area contributed by atoms with Gasteiger partial charge in [0.1, 0.15) is 11.6 Å². The summed E-state index contributed by atoms with van der Waals surface area (Å²) in [6.07, 6.45) is 0. The second kappa shape index (κ2) is 7.84. The fourth-order valence-electron chi connectivity index (χ4n) is 2.63. The smallest absolute Gasteiger partial charge is 0.264 e. The van der Waals surface area contributed by atoms with Gasteiger partial charge in [0.25, 0.3) is 5.89 Å². The standard InChI is InChI=1S/C21H15FN2O4S/c22-16-8-6-15(7-9-16)21-23-20(28-24-21)14-27-17-10-12-19(13-11-17)29(25,26)18-4-2-1-3-5-18/h1-13H,14H2. The van der Waals surface area contributed by atoms with Gasteiger partial charge in [-0.2, -0.15) is 4.98 Å². The van der Waals surface area contributed by atoms with Gasteiger partial charge in [-0.1, -0.05) is 23.4 Å². The number of hydrogen-bond acceptors (Lipinski definition) is 6. The minimum Gasteiger partial charge on any atom is -0.484 e. The number of sulfone groups is 1. The molecule has 0 saturated heterocycles. The molecule has 0 fully saturated rings. The summed E-state index contributed by atoms with van der Waals surface area (Å²) in [5.41, 5.74) is 0.622. The van der Waals surface area contributed by atoms with Gasteiger partial charge < -0.3 is 9.26 Å². The van der Waals surface area contributed by atoms with Crippen LogP contribution in [0.1, 0.15) is 5.89 Å². The summed E-state index contributed by atoms with van der Waals surface area (Å²) in [6, 6.07) is 20.0. The maximum atomic E-state index is 13.0. The zero-order valence-electron chi connectivity index (χ0n) is 15.0. The molecule has 146 valence electrons. The normalized spacial score (nSPS) is 11.3. The summed E-state index contributed by atoms with van der Waals surface area (Å²) in [4.78, 5) is 4.60. The van der Waals surface area contributed by atoms with E-state index in [0.29, 0.717) is 17.1 Å². The van der Waals surface area contributed by atoms with E-state index in [1.165, 1.54) is 24.3 Å². The second-order valence-electron chi connectivity index (χ2n) is 6.10. The summed E-state index contributed by atoms with van der Waals surface area (Å²) in [5, 5.41) is 3.84. The van der Waals surface area contributed by atoms with Gasteiger partial charge in [-0.3, -0.25) is 0 Å². The Hall–Kier alpha value is -3.52. The molecule has 0 radical (unpaired) electrons. The number of halogens is 1. The van der Waals surface area contributed by atoms with Gasteiger partial charge in [0.05, 0.1) is 9.79 Å². The average molecular weight is 410 g/mol. The van der Waals surface area contributed by atoms with Crippen LogP contribution in [0.2, 0.25) is 0 Å². The lowest BCUT2D eigenvalue weighted by Crippen LogP contribution is -2.02. The van der Waals surface area contributed by atoms with Crippen molar-refractivity contribution in [2.24, 2.45) is 0 Å². The third-order valence-electron chi connectivity index (χ3n) is 4.12. The van der Waals surface area contributed by atoms with Gasteiger partial charge in [-0.25, -0.2) is 12.8 Å². The Balaban J connectivity index is 1.43. The van der Waals surface area contributed by atoms with Crippen molar-refractivity contribution in [1.29, 1.82) is 0 Å². The van der Waals surface area contributed by atoms with Crippen LogP contribution in [0.4, 0.5) is 4.39 Å². The van der Waals surface area contributed by atoms with Crippen molar-refractivity contribution in [3.8, 4) is 17.1 Å². The molecule has 29 heavy (non-hydrogen) atoms. The van der Waals surface area contributed by atoms with Crippen molar-refractivity contribution >= 4 is 9.84 Å². The topological polar surface area (TPSA) is 82.3 Å². The summed E-state index contributed by atoms with van der Waals surface area (Å²) in [7, 11) is -3.58. The molecule has 0 N–H and O–H groups in total. The maximum Gasteiger partial charge on any atom is 0.264 e. The monoisotopic (exact) mass is 410 g/mol. The molecule has 1 heterocycles. The molecule has 0 aliphatic carbocycles. The average Bonchev–Trinajstić information content (AvgIpc) is 3.23. The largest absolute Gasteiger partial charge is 0.484 e. The van der Waals surface area contributed by atoms with E-state index >= 15 is 0 Å². The maximum absolute atomic E-state index is 13.0. The second-order valence-corrected chi connectivity index (χ2v) is 8.04. The number of benzene rings is 3. The lowest BCUT2D eigenvalue weighted by molar-refractivity contribution is 0.243. The molecular weight excluding hydrogens is 395 g/mol. The van der Waals surface area contributed by atoms with Crippen LogP contribution < -0.4 is 4.74 Å². The van der Waals surface area contributed by atoms with Crippen LogP contribution in [0.5, 0.6) is 5.75 Å². The molecule has 4 aromatic rings. The van der Waals surface area contributed by atoms with Crippen LogP contribution in [-0.2, 0) is 16.4 Å². The van der Waals surface area contributed by atoms with Crippen molar-refractivity contribution in [2.75, 3.05) is 0 Å². The van der Waals surface area contributed by atoms with Crippen molar-refractivity contribution in [3.63, 3.8) is 0 Å². The zero-order chi connectivity index (χ0) is 20.3. The molecule has 8 heteroatoms. The Bertz CT molecular complexity index is 1210. The van der Waals surface area contributed by atoms with E-state index in [2.05, 4.69) is 10.1 Å². The van der Waals surface area contributed by atoms with E-state index in [4.69, 9.17) is 9.26 Å². The lowest BCUT2D eigenvalue weighted by atomic mass is 10.2. The van der Waals surface area contributed by atoms with Gasteiger partial charge in [-0.05, 0) is 60.7 Å². The van der Waals surface area contributed by atoms with Crippen LogP contribution in [-0.4, -0.2) is 18.6 Å². The number of ether oxygens (including phenoxy) is 1.